The molecular weight excluding hydrogens is 258 g/mol. The fourth-order valence-electron chi connectivity index (χ4n) is 3.05. The molecule has 1 N–H and O–H groups in total. The molecule has 1 spiro atoms. The first kappa shape index (κ1) is 16.2. The van der Waals surface area contributed by atoms with Crippen molar-refractivity contribution < 1.29 is 18.9 Å². The maximum Gasteiger partial charge on any atom is 0.171 e. The van der Waals surface area contributed by atoms with Gasteiger partial charge in [0.25, 0.3) is 0 Å². The van der Waals surface area contributed by atoms with Crippen molar-refractivity contribution >= 4 is 0 Å². The molecule has 0 aromatic heterocycles. The highest BCUT2D eigenvalue weighted by atomic mass is 16.7. The van der Waals surface area contributed by atoms with Gasteiger partial charge in [0.15, 0.2) is 5.79 Å². The highest BCUT2D eigenvalue weighted by Crippen LogP contribution is 2.37. The fraction of sp³-hybridized carbons (Fsp3) is 1.00. The smallest absolute Gasteiger partial charge is 0.171 e. The van der Waals surface area contributed by atoms with Gasteiger partial charge in [0.1, 0.15) is 0 Å². The van der Waals surface area contributed by atoms with Crippen LogP contribution in [0.2, 0.25) is 0 Å². The highest BCUT2D eigenvalue weighted by Gasteiger charge is 2.45. The second kappa shape index (κ2) is 8.29. The lowest BCUT2D eigenvalue weighted by Crippen LogP contribution is -2.52. The van der Waals surface area contributed by atoms with E-state index in [0.717, 1.165) is 38.8 Å². The van der Waals surface area contributed by atoms with Gasteiger partial charge in [-0.2, -0.15) is 0 Å². The van der Waals surface area contributed by atoms with Gasteiger partial charge in [-0.05, 0) is 19.4 Å². The summed E-state index contributed by atoms with van der Waals surface area (Å²) in [5, 5.41) is 3.52. The fourth-order valence-corrected chi connectivity index (χ4v) is 3.05. The van der Waals surface area contributed by atoms with Crippen LogP contribution in [0.3, 0.4) is 0 Å². The van der Waals surface area contributed by atoms with Gasteiger partial charge < -0.3 is 24.3 Å². The molecule has 1 aliphatic heterocycles. The number of hydrogen-bond donors (Lipinski definition) is 1. The maximum atomic E-state index is 6.03. The molecule has 1 aliphatic carbocycles. The zero-order valence-electron chi connectivity index (χ0n) is 12.9. The van der Waals surface area contributed by atoms with E-state index in [2.05, 4.69) is 19.2 Å². The Morgan fingerprint density at radius 1 is 1.15 bits per heavy atom. The third kappa shape index (κ3) is 4.40. The van der Waals surface area contributed by atoms with Crippen molar-refractivity contribution in [3.8, 4) is 0 Å². The quantitative estimate of drug-likeness (QED) is 0.689. The van der Waals surface area contributed by atoms with Gasteiger partial charge in [0.2, 0.25) is 0 Å². The predicted molar refractivity (Wildman–Crippen MR) is 76.8 cm³/mol. The minimum absolute atomic E-state index is 0.145. The average Bonchev–Trinajstić information content (AvgIpc) is 2.90. The molecule has 0 aromatic rings. The third-order valence-corrected chi connectivity index (χ3v) is 3.99. The SMILES string of the molecule is CCCOCCOC1CC2(CCC1NCC)OCCO2. The first-order valence-electron chi connectivity index (χ1n) is 8.00. The van der Waals surface area contributed by atoms with Gasteiger partial charge in [-0.25, -0.2) is 0 Å². The van der Waals surface area contributed by atoms with Crippen molar-refractivity contribution in [2.45, 2.75) is 57.5 Å². The zero-order chi connectivity index (χ0) is 14.3. The summed E-state index contributed by atoms with van der Waals surface area (Å²) in [7, 11) is 0. The van der Waals surface area contributed by atoms with E-state index in [-0.39, 0.29) is 11.9 Å². The van der Waals surface area contributed by atoms with E-state index in [4.69, 9.17) is 18.9 Å². The standard InChI is InChI=1S/C15H29NO4/c1-3-7-17-8-9-18-14-12-15(19-10-11-20-15)6-5-13(14)16-4-2/h13-14,16H,3-12H2,1-2H3. The number of rotatable bonds is 8. The van der Waals surface area contributed by atoms with Crippen molar-refractivity contribution in [3.05, 3.63) is 0 Å². The van der Waals surface area contributed by atoms with E-state index in [1.54, 1.807) is 0 Å². The van der Waals surface area contributed by atoms with Crippen LogP contribution >= 0.6 is 0 Å². The Bertz CT molecular complexity index is 269. The van der Waals surface area contributed by atoms with E-state index in [0.29, 0.717) is 32.5 Å². The molecule has 1 heterocycles. The maximum absolute atomic E-state index is 6.03. The van der Waals surface area contributed by atoms with Gasteiger partial charge >= 0.3 is 0 Å². The van der Waals surface area contributed by atoms with E-state index in [1.807, 2.05) is 0 Å². The van der Waals surface area contributed by atoms with Gasteiger partial charge in [-0.15, -0.1) is 0 Å². The Labute approximate surface area is 122 Å². The molecule has 0 radical (unpaired) electrons. The lowest BCUT2D eigenvalue weighted by atomic mass is 9.87. The highest BCUT2D eigenvalue weighted by molar-refractivity contribution is 4.92. The second-order valence-corrected chi connectivity index (χ2v) is 5.54. The second-order valence-electron chi connectivity index (χ2n) is 5.54. The van der Waals surface area contributed by atoms with Crippen LogP contribution in [0, 0.1) is 0 Å². The van der Waals surface area contributed by atoms with Crippen LogP contribution in [0.1, 0.15) is 39.5 Å². The summed E-state index contributed by atoms with van der Waals surface area (Å²) in [6.45, 7) is 8.74. The molecule has 0 bridgehead atoms. The number of hydrogen-bond acceptors (Lipinski definition) is 5. The van der Waals surface area contributed by atoms with Crippen LogP contribution in [0.5, 0.6) is 0 Å². The molecule has 2 atom stereocenters. The molecule has 2 unspecified atom stereocenters. The molecule has 5 heteroatoms. The minimum Gasteiger partial charge on any atom is -0.379 e. The Morgan fingerprint density at radius 2 is 1.95 bits per heavy atom. The van der Waals surface area contributed by atoms with Crippen molar-refractivity contribution in [1.82, 2.24) is 5.32 Å². The molecule has 2 rings (SSSR count). The molecule has 118 valence electrons. The summed E-state index contributed by atoms with van der Waals surface area (Å²) in [6, 6.07) is 0.393. The Hall–Kier alpha value is -0.200. The summed E-state index contributed by atoms with van der Waals surface area (Å²) < 4.78 is 23.2. The van der Waals surface area contributed by atoms with Crippen molar-refractivity contribution in [1.29, 1.82) is 0 Å². The number of likely N-dealkylation sites (N-methyl/N-ethyl adjacent to an activating group) is 1. The molecule has 1 saturated carbocycles. The molecule has 20 heavy (non-hydrogen) atoms. The monoisotopic (exact) mass is 287 g/mol. The van der Waals surface area contributed by atoms with Crippen molar-refractivity contribution in [2.75, 3.05) is 39.6 Å². The van der Waals surface area contributed by atoms with E-state index in [1.165, 1.54) is 0 Å². The van der Waals surface area contributed by atoms with Crippen LogP contribution in [0.15, 0.2) is 0 Å². The summed E-state index contributed by atoms with van der Waals surface area (Å²) in [5.74, 6) is -0.388. The van der Waals surface area contributed by atoms with E-state index >= 15 is 0 Å². The number of ether oxygens (including phenoxy) is 4. The van der Waals surface area contributed by atoms with Crippen LogP contribution in [-0.2, 0) is 18.9 Å². The Balaban J connectivity index is 1.79. The first-order chi connectivity index (χ1) is 9.79. The summed E-state index contributed by atoms with van der Waals surface area (Å²) in [5.41, 5.74) is 0. The van der Waals surface area contributed by atoms with Crippen LogP contribution in [0.25, 0.3) is 0 Å². The predicted octanol–water partition coefficient (Wildman–Crippen LogP) is 1.70. The van der Waals surface area contributed by atoms with Gasteiger partial charge in [-0.1, -0.05) is 13.8 Å². The third-order valence-electron chi connectivity index (χ3n) is 3.99. The van der Waals surface area contributed by atoms with Crippen LogP contribution in [-0.4, -0.2) is 57.5 Å². The lowest BCUT2D eigenvalue weighted by Gasteiger charge is -2.41. The lowest BCUT2D eigenvalue weighted by molar-refractivity contribution is -0.208. The average molecular weight is 287 g/mol. The van der Waals surface area contributed by atoms with E-state index < -0.39 is 0 Å². The number of nitrogens with one attached hydrogen (secondary N) is 1. The van der Waals surface area contributed by atoms with Crippen molar-refractivity contribution in [3.63, 3.8) is 0 Å². The van der Waals surface area contributed by atoms with Crippen molar-refractivity contribution in [2.24, 2.45) is 0 Å². The van der Waals surface area contributed by atoms with Gasteiger partial charge in [-0.3, -0.25) is 0 Å². The summed E-state index contributed by atoms with van der Waals surface area (Å²) in [6.07, 6.45) is 4.00. The Morgan fingerprint density at radius 3 is 2.65 bits per heavy atom. The minimum atomic E-state index is -0.388. The van der Waals surface area contributed by atoms with Gasteiger partial charge in [0, 0.05) is 25.5 Å². The van der Waals surface area contributed by atoms with E-state index in [9.17, 15) is 0 Å². The molecule has 2 aliphatic rings. The molecular formula is C15H29NO4. The summed E-state index contributed by atoms with van der Waals surface area (Å²) in [4.78, 5) is 0. The molecule has 1 saturated heterocycles. The normalized spacial score (nSPS) is 29.1. The first-order valence-corrected chi connectivity index (χ1v) is 8.00. The van der Waals surface area contributed by atoms with Crippen LogP contribution < -0.4 is 5.32 Å². The molecule has 5 nitrogen and oxygen atoms in total. The molecule has 0 aromatic carbocycles. The molecule has 0 amide bonds. The zero-order valence-corrected chi connectivity index (χ0v) is 12.9. The summed E-state index contributed by atoms with van der Waals surface area (Å²) >= 11 is 0. The van der Waals surface area contributed by atoms with Gasteiger partial charge in [0.05, 0.1) is 32.5 Å². The molecule has 2 fully saturated rings. The largest absolute Gasteiger partial charge is 0.379 e. The topological polar surface area (TPSA) is 49.0 Å². The Kier molecular flexibility index (Phi) is 6.71. The van der Waals surface area contributed by atoms with Crippen LogP contribution in [0.4, 0.5) is 0 Å².